The molecule has 174 valence electrons. The van der Waals surface area contributed by atoms with Crippen molar-refractivity contribution in [3.63, 3.8) is 0 Å². The van der Waals surface area contributed by atoms with Gasteiger partial charge in [-0.25, -0.2) is 4.90 Å². The molecule has 2 amide bonds. The van der Waals surface area contributed by atoms with Gasteiger partial charge >= 0.3 is 0 Å². The number of carbonyl (C=O) groups is 3. The number of rotatable bonds is 3. The number of allylic oxidation sites excluding steroid dienone is 2. The van der Waals surface area contributed by atoms with E-state index in [4.69, 9.17) is 11.6 Å². The Morgan fingerprint density at radius 3 is 1.60 bits per heavy atom. The lowest BCUT2D eigenvalue weighted by Gasteiger charge is -2.35. The molecule has 3 aromatic carbocycles. The quantitative estimate of drug-likeness (QED) is 0.433. The van der Waals surface area contributed by atoms with E-state index in [1.807, 2.05) is 81.4 Å². The van der Waals surface area contributed by atoms with Crippen LogP contribution in [0, 0.1) is 29.6 Å². The van der Waals surface area contributed by atoms with Crippen molar-refractivity contribution in [1.29, 1.82) is 0 Å². The first-order chi connectivity index (χ1) is 16.7. The molecule has 1 saturated heterocycles. The summed E-state index contributed by atoms with van der Waals surface area (Å²) in [5.41, 5.74) is 2.58. The summed E-state index contributed by atoms with van der Waals surface area (Å²) in [6.45, 7) is 5.58. The van der Waals surface area contributed by atoms with Crippen molar-refractivity contribution in [3.8, 4) is 0 Å². The average Bonchev–Trinajstić information content (AvgIpc) is 3.31. The summed E-state index contributed by atoms with van der Waals surface area (Å²) in [6, 6.07) is 24.7. The summed E-state index contributed by atoms with van der Waals surface area (Å²) in [5.74, 6) is -2.26. The zero-order valence-electron chi connectivity index (χ0n) is 19.7. The third kappa shape index (κ3) is 2.61. The fourth-order valence-corrected chi connectivity index (χ4v) is 6.96. The molecule has 1 saturated carbocycles. The Balaban J connectivity index is 1.61. The second kappa shape index (κ2) is 7.25. The zero-order chi connectivity index (χ0) is 24.7. The van der Waals surface area contributed by atoms with E-state index in [2.05, 4.69) is 0 Å². The van der Waals surface area contributed by atoms with E-state index < -0.39 is 22.7 Å². The first-order valence-corrected chi connectivity index (χ1v) is 12.1. The van der Waals surface area contributed by atoms with Gasteiger partial charge in [-0.2, -0.15) is 0 Å². The summed E-state index contributed by atoms with van der Waals surface area (Å²) < 4.78 is 0. The maximum atomic E-state index is 14.2. The first-order valence-electron chi connectivity index (χ1n) is 11.8. The number of Topliss-reactive ketones (excluding diaryl/α,β-unsaturated/α-hetero) is 1. The number of benzene rings is 3. The molecular formula is C30H24ClNO3. The standard InChI is InChI=1S/C30H24ClNO3/c1-17-14-15-20(16-21(17)31)32-26(33)24-25(27(32)34)30(3)23(19-12-8-5-9-13-19)22(29(24,2)28(30)35)18-10-6-4-7-11-18/h4-16,24-25H,1-3H3/t24-,25-,29+,30+/m1/s1. The predicted molar refractivity (Wildman–Crippen MR) is 137 cm³/mol. The number of hydrogen-bond donors (Lipinski definition) is 0. The Morgan fingerprint density at radius 2 is 1.17 bits per heavy atom. The van der Waals surface area contributed by atoms with Crippen LogP contribution in [0.15, 0.2) is 78.9 Å². The van der Waals surface area contributed by atoms with Gasteiger partial charge in [-0.15, -0.1) is 0 Å². The number of aryl methyl sites for hydroxylation is 1. The van der Waals surface area contributed by atoms with Crippen LogP contribution in [-0.2, 0) is 14.4 Å². The number of nitrogens with zero attached hydrogens (tertiary/aromatic N) is 1. The summed E-state index contributed by atoms with van der Waals surface area (Å²) in [5, 5.41) is 0.490. The molecule has 0 aromatic heterocycles. The first kappa shape index (κ1) is 22.0. The van der Waals surface area contributed by atoms with Gasteiger partial charge in [0, 0.05) is 5.02 Å². The van der Waals surface area contributed by atoms with E-state index in [0.717, 1.165) is 27.8 Å². The van der Waals surface area contributed by atoms with Gasteiger partial charge in [0.2, 0.25) is 11.8 Å². The number of imide groups is 1. The lowest BCUT2D eigenvalue weighted by atomic mass is 9.63. The van der Waals surface area contributed by atoms with E-state index in [9.17, 15) is 14.4 Å². The Morgan fingerprint density at radius 1 is 0.714 bits per heavy atom. The lowest BCUT2D eigenvalue weighted by Crippen LogP contribution is -2.40. The van der Waals surface area contributed by atoms with E-state index in [0.29, 0.717) is 10.7 Å². The molecule has 5 heteroatoms. The second-order valence-corrected chi connectivity index (χ2v) is 10.5. The molecule has 2 fully saturated rings. The Bertz CT molecular complexity index is 1380. The summed E-state index contributed by atoms with van der Waals surface area (Å²) in [7, 11) is 0. The Kier molecular flexibility index (Phi) is 4.56. The van der Waals surface area contributed by atoms with Crippen LogP contribution < -0.4 is 4.90 Å². The van der Waals surface area contributed by atoms with Crippen LogP contribution >= 0.6 is 11.6 Å². The molecule has 1 aliphatic heterocycles. The third-order valence-corrected chi connectivity index (χ3v) is 8.73. The van der Waals surface area contributed by atoms with Gasteiger partial charge in [0.05, 0.1) is 28.4 Å². The molecule has 3 aromatic rings. The highest BCUT2D eigenvalue weighted by Gasteiger charge is 2.78. The molecule has 0 radical (unpaired) electrons. The maximum absolute atomic E-state index is 14.2. The number of carbonyl (C=O) groups excluding carboxylic acids is 3. The smallest absolute Gasteiger partial charge is 0.239 e. The molecule has 1 heterocycles. The van der Waals surface area contributed by atoms with Crippen molar-refractivity contribution in [2.45, 2.75) is 20.8 Å². The van der Waals surface area contributed by atoms with Crippen LogP contribution in [0.1, 0.15) is 30.5 Å². The minimum absolute atomic E-state index is 0.0546. The molecule has 6 rings (SSSR count). The highest BCUT2D eigenvalue weighted by Crippen LogP contribution is 2.73. The number of hydrogen-bond acceptors (Lipinski definition) is 3. The molecule has 2 aliphatic carbocycles. The molecule has 0 unspecified atom stereocenters. The predicted octanol–water partition coefficient (Wildman–Crippen LogP) is 5.97. The summed E-state index contributed by atoms with van der Waals surface area (Å²) in [6.07, 6.45) is 0. The van der Waals surface area contributed by atoms with Crippen molar-refractivity contribution in [3.05, 3.63) is 101 Å². The number of fused-ring (bicyclic) bond motifs is 5. The normalized spacial score (nSPS) is 29.4. The number of anilines is 1. The highest BCUT2D eigenvalue weighted by molar-refractivity contribution is 6.35. The van der Waals surface area contributed by atoms with Crippen LogP contribution in [0.3, 0.4) is 0 Å². The van der Waals surface area contributed by atoms with E-state index in [1.54, 1.807) is 18.2 Å². The fraction of sp³-hybridized carbons (Fsp3) is 0.233. The van der Waals surface area contributed by atoms with Gasteiger partial charge in [0.25, 0.3) is 0 Å². The van der Waals surface area contributed by atoms with Gasteiger partial charge in [-0.3, -0.25) is 14.4 Å². The largest absolute Gasteiger partial charge is 0.298 e. The molecule has 0 N–H and O–H groups in total. The lowest BCUT2D eigenvalue weighted by molar-refractivity contribution is -0.133. The van der Waals surface area contributed by atoms with Crippen LogP contribution in [0.4, 0.5) is 5.69 Å². The van der Waals surface area contributed by atoms with Gasteiger partial charge in [-0.05, 0) is 60.7 Å². The average molecular weight is 482 g/mol. The van der Waals surface area contributed by atoms with Crippen molar-refractivity contribution in [2.24, 2.45) is 22.7 Å². The van der Waals surface area contributed by atoms with Gasteiger partial charge in [0.1, 0.15) is 0 Å². The fourth-order valence-electron chi connectivity index (χ4n) is 6.79. The molecule has 4 nitrogen and oxygen atoms in total. The SMILES string of the molecule is Cc1ccc(N2C(=O)[C@H]3[C@H](C2=O)[C@@]2(C)C(=O)[C@@]3(C)C(c3ccccc3)=C2c2ccccc2)cc1Cl. The Labute approximate surface area is 209 Å². The van der Waals surface area contributed by atoms with Crippen molar-refractivity contribution < 1.29 is 14.4 Å². The van der Waals surface area contributed by atoms with E-state index in [-0.39, 0.29) is 17.6 Å². The monoisotopic (exact) mass is 481 g/mol. The second-order valence-electron chi connectivity index (χ2n) is 10.1. The molecule has 4 atom stereocenters. The van der Waals surface area contributed by atoms with Gasteiger partial charge in [0.15, 0.2) is 5.78 Å². The molecule has 0 spiro atoms. The van der Waals surface area contributed by atoms with E-state index >= 15 is 0 Å². The number of ketones is 1. The van der Waals surface area contributed by atoms with Crippen LogP contribution in [0.2, 0.25) is 5.02 Å². The van der Waals surface area contributed by atoms with Crippen molar-refractivity contribution >= 4 is 46.0 Å². The third-order valence-electron chi connectivity index (χ3n) is 8.32. The zero-order valence-corrected chi connectivity index (χ0v) is 20.5. The van der Waals surface area contributed by atoms with Crippen LogP contribution in [0.25, 0.3) is 11.1 Å². The molecule has 3 aliphatic rings. The highest BCUT2D eigenvalue weighted by atomic mass is 35.5. The van der Waals surface area contributed by atoms with Crippen molar-refractivity contribution in [2.75, 3.05) is 4.90 Å². The topological polar surface area (TPSA) is 54.5 Å². The number of amides is 2. The Hall–Kier alpha value is -3.50. The molecule has 35 heavy (non-hydrogen) atoms. The van der Waals surface area contributed by atoms with Gasteiger partial charge in [-0.1, -0.05) is 78.3 Å². The summed E-state index contributed by atoms with van der Waals surface area (Å²) >= 11 is 6.35. The molecule has 2 bridgehead atoms. The molecular weight excluding hydrogens is 458 g/mol. The number of halogens is 1. The maximum Gasteiger partial charge on any atom is 0.239 e. The van der Waals surface area contributed by atoms with E-state index in [1.165, 1.54) is 4.90 Å². The van der Waals surface area contributed by atoms with Crippen LogP contribution in [-0.4, -0.2) is 17.6 Å². The van der Waals surface area contributed by atoms with Gasteiger partial charge < -0.3 is 0 Å². The van der Waals surface area contributed by atoms with Crippen molar-refractivity contribution in [1.82, 2.24) is 0 Å². The minimum Gasteiger partial charge on any atom is -0.298 e. The van der Waals surface area contributed by atoms with Crippen LogP contribution in [0.5, 0.6) is 0 Å². The minimum atomic E-state index is -1.12. The summed E-state index contributed by atoms with van der Waals surface area (Å²) in [4.78, 5) is 43.5.